The molecular weight excluding hydrogens is 424 g/mol. The van der Waals surface area contributed by atoms with E-state index < -0.39 is 0 Å². The highest BCUT2D eigenvalue weighted by Crippen LogP contribution is 2.25. The molecular formula is C25H29BrN2O. The molecule has 1 heterocycles. The van der Waals surface area contributed by atoms with E-state index in [4.69, 9.17) is 0 Å². The van der Waals surface area contributed by atoms with Crippen LogP contribution in [0.1, 0.15) is 31.2 Å². The molecule has 4 rings (SSSR count). The lowest BCUT2D eigenvalue weighted by Gasteiger charge is -2.37. The van der Waals surface area contributed by atoms with Crippen molar-refractivity contribution in [3.05, 3.63) is 78.4 Å². The SMILES string of the molecule is O=C(C[N+]1(Cc2ccccc2)CCCCCC1)Nc1cccc2ccccc12.[Br-]. The van der Waals surface area contributed by atoms with Crippen LogP contribution in [0.4, 0.5) is 5.69 Å². The molecule has 1 aliphatic rings. The van der Waals surface area contributed by atoms with Gasteiger partial charge in [-0.25, -0.2) is 0 Å². The third-order valence-corrected chi connectivity index (χ3v) is 5.92. The minimum absolute atomic E-state index is 0. The van der Waals surface area contributed by atoms with Crippen LogP contribution in [0.3, 0.4) is 0 Å². The lowest BCUT2D eigenvalue weighted by Crippen LogP contribution is -3.00. The van der Waals surface area contributed by atoms with Crippen molar-refractivity contribution in [3.8, 4) is 0 Å². The first-order valence-electron chi connectivity index (χ1n) is 10.4. The first kappa shape index (κ1) is 21.5. The minimum Gasteiger partial charge on any atom is -1.00 e. The van der Waals surface area contributed by atoms with Gasteiger partial charge in [0, 0.05) is 16.6 Å². The molecule has 152 valence electrons. The van der Waals surface area contributed by atoms with Crippen LogP contribution >= 0.6 is 0 Å². The Balaban J connectivity index is 0.00000240. The Morgan fingerprint density at radius 1 is 0.793 bits per heavy atom. The van der Waals surface area contributed by atoms with Gasteiger partial charge in [0.25, 0.3) is 5.91 Å². The summed E-state index contributed by atoms with van der Waals surface area (Å²) in [6.45, 7) is 3.64. The fourth-order valence-corrected chi connectivity index (χ4v) is 4.53. The van der Waals surface area contributed by atoms with E-state index >= 15 is 0 Å². The van der Waals surface area contributed by atoms with Crippen LogP contribution in [0.15, 0.2) is 72.8 Å². The number of fused-ring (bicyclic) bond motifs is 1. The molecule has 0 spiro atoms. The fraction of sp³-hybridized carbons (Fsp3) is 0.320. The molecule has 0 radical (unpaired) electrons. The molecule has 1 aliphatic heterocycles. The van der Waals surface area contributed by atoms with Gasteiger partial charge in [-0.15, -0.1) is 0 Å². The van der Waals surface area contributed by atoms with Crippen LogP contribution in [-0.2, 0) is 11.3 Å². The summed E-state index contributed by atoms with van der Waals surface area (Å²) in [6, 6.07) is 25.0. The molecule has 0 atom stereocenters. The van der Waals surface area contributed by atoms with Gasteiger partial charge in [0.15, 0.2) is 6.54 Å². The zero-order valence-corrected chi connectivity index (χ0v) is 18.4. The van der Waals surface area contributed by atoms with Gasteiger partial charge in [0.2, 0.25) is 0 Å². The predicted octanol–water partition coefficient (Wildman–Crippen LogP) is 2.37. The minimum atomic E-state index is 0. The van der Waals surface area contributed by atoms with Crippen LogP contribution in [0.5, 0.6) is 0 Å². The highest BCUT2D eigenvalue weighted by molar-refractivity contribution is 6.02. The van der Waals surface area contributed by atoms with Crippen molar-refractivity contribution in [1.82, 2.24) is 0 Å². The maximum Gasteiger partial charge on any atom is 0.279 e. The summed E-state index contributed by atoms with van der Waals surface area (Å²) < 4.78 is 0.862. The molecule has 4 heteroatoms. The van der Waals surface area contributed by atoms with E-state index in [2.05, 4.69) is 53.8 Å². The predicted molar refractivity (Wildman–Crippen MR) is 116 cm³/mol. The van der Waals surface area contributed by atoms with E-state index in [1.807, 2.05) is 24.3 Å². The number of nitrogens with one attached hydrogen (secondary N) is 1. The van der Waals surface area contributed by atoms with E-state index in [0.29, 0.717) is 6.54 Å². The lowest BCUT2D eigenvalue weighted by atomic mass is 10.1. The Morgan fingerprint density at radius 3 is 2.21 bits per heavy atom. The number of hydrogen-bond donors (Lipinski definition) is 1. The summed E-state index contributed by atoms with van der Waals surface area (Å²) in [6.07, 6.45) is 4.96. The quantitative estimate of drug-likeness (QED) is 0.591. The van der Waals surface area contributed by atoms with Gasteiger partial charge in [-0.2, -0.15) is 0 Å². The Kier molecular flexibility index (Phi) is 7.45. The summed E-state index contributed by atoms with van der Waals surface area (Å²) >= 11 is 0. The number of benzene rings is 3. The smallest absolute Gasteiger partial charge is 0.279 e. The third kappa shape index (κ3) is 5.46. The molecule has 0 unspecified atom stereocenters. The number of anilines is 1. The molecule has 0 aliphatic carbocycles. The van der Waals surface area contributed by atoms with Crippen molar-refractivity contribution in [1.29, 1.82) is 0 Å². The second-order valence-corrected chi connectivity index (χ2v) is 8.08. The summed E-state index contributed by atoms with van der Waals surface area (Å²) in [4.78, 5) is 13.1. The fourth-order valence-electron chi connectivity index (χ4n) is 4.53. The van der Waals surface area contributed by atoms with Gasteiger partial charge in [-0.3, -0.25) is 4.79 Å². The summed E-state index contributed by atoms with van der Waals surface area (Å²) in [7, 11) is 0. The second-order valence-electron chi connectivity index (χ2n) is 8.08. The number of carbonyl (C=O) groups is 1. The van der Waals surface area contributed by atoms with Gasteiger partial charge in [0.1, 0.15) is 6.54 Å². The van der Waals surface area contributed by atoms with E-state index in [0.717, 1.165) is 40.6 Å². The first-order valence-corrected chi connectivity index (χ1v) is 10.4. The van der Waals surface area contributed by atoms with Gasteiger partial charge < -0.3 is 26.8 Å². The van der Waals surface area contributed by atoms with Gasteiger partial charge in [-0.05, 0) is 37.1 Å². The molecule has 1 saturated heterocycles. The average molecular weight is 453 g/mol. The Morgan fingerprint density at radius 2 is 1.45 bits per heavy atom. The second kappa shape index (κ2) is 10.0. The molecule has 1 fully saturated rings. The van der Waals surface area contributed by atoms with Crippen molar-refractivity contribution in [2.24, 2.45) is 0 Å². The van der Waals surface area contributed by atoms with E-state index in [-0.39, 0.29) is 22.9 Å². The number of nitrogens with zero attached hydrogens (tertiary/aromatic N) is 1. The zero-order valence-electron chi connectivity index (χ0n) is 16.8. The van der Waals surface area contributed by atoms with Gasteiger partial charge >= 0.3 is 0 Å². The molecule has 3 aromatic carbocycles. The Bertz CT molecular complexity index is 928. The zero-order chi connectivity index (χ0) is 19.2. The highest BCUT2D eigenvalue weighted by atomic mass is 79.9. The largest absolute Gasteiger partial charge is 1.00 e. The average Bonchev–Trinajstić information content (AvgIpc) is 2.94. The number of carbonyl (C=O) groups excluding carboxylic acids is 1. The number of amides is 1. The van der Waals surface area contributed by atoms with Gasteiger partial charge in [0.05, 0.1) is 13.1 Å². The number of halogens is 1. The molecule has 0 aromatic heterocycles. The molecule has 29 heavy (non-hydrogen) atoms. The molecule has 0 bridgehead atoms. The van der Waals surface area contributed by atoms with Crippen molar-refractivity contribution in [2.45, 2.75) is 32.2 Å². The van der Waals surface area contributed by atoms with Crippen molar-refractivity contribution >= 4 is 22.4 Å². The summed E-state index contributed by atoms with van der Waals surface area (Å²) in [5.74, 6) is 0.120. The van der Waals surface area contributed by atoms with E-state index in [1.54, 1.807) is 0 Å². The highest BCUT2D eigenvalue weighted by Gasteiger charge is 2.31. The summed E-state index contributed by atoms with van der Waals surface area (Å²) in [5.41, 5.74) is 2.23. The standard InChI is InChI=1S/C25H28N2O.BrH/c28-25(26-24-16-10-14-22-13-6-7-15-23(22)24)20-27(17-8-1-2-9-18-27)19-21-11-4-3-5-12-21;/h3-7,10-16H,1-2,8-9,17-20H2;1H. The van der Waals surface area contributed by atoms with Crippen LogP contribution < -0.4 is 22.3 Å². The number of likely N-dealkylation sites (tertiary alicyclic amines) is 1. The maximum atomic E-state index is 13.1. The normalized spacial score (nSPS) is 15.9. The van der Waals surface area contributed by atoms with Crippen molar-refractivity contribution in [2.75, 3.05) is 25.0 Å². The van der Waals surface area contributed by atoms with Crippen molar-refractivity contribution < 1.29 is 26.3 Å². The Labute approximate surface area is 184 Å². The summed E-state index contributed by atoms with van der Waals surface area (Å²) in [5, 5.41) is 5.47. The van der Waals surface area contributed by atoms with E-state index in [9.17, 15) is 4.79 Å². The molecule has 1 amide bonds. The lowest BCUT2D eigenvalue weighted by molar-refractivity contribution is -0.932. The van der Waals surface area contributed by atoms with Gasteiger partial charge in [-0.1, -0.05) is 66.7 Å². The first-order chi connectivity index (χ1) is 13.7. The van der Waals surface area contributed by atoms with Crippen LogP contribution in [0.2, 0.25) is 0 Å². The Hall–Kier alpha value is -2.17. The topological polar surface area (TPSA) is 29.1 Å². The third-order valence-electron chi connectivity index (χ3n) is 5.92. The van der Waals surface area contributed by atoms with Crippen molar-refractivity contribution in [3.63, 3.8) is 0 Å². The molecule has 0 saturated carbocycles. The monoisotopic (exact) mass is 452 g/mol. The molecule has 3 aromatic rings. The molecule has 3 nitrogen and oxygen atoms in total. The van der Waals surface area contributed by atoms with E-state index in [1.165, 1.54) is 31.2 Å². The number of rotatable bonds is 5. The number of hydrogen-bond acceptors (Lipinski definition) is 1. The number of quaternary nitrogens is 1. The maximum absolute atomic E-state index is 13.1. The van der Waals surface area contributed by atoms with Crippen LogP contribution in [0, 0.1) is 0 Å². The van der Waals surface area contributed by atoms with Crippen LogP contribution in [0.25, 0.3) is 10.8 Å². The molecule has 1 N–H and O–H groups in total. The van der Waals surface area contributed by atoms with Crippen LogP contribution in [-0.4, -0.2) is 30.0 Å².